The molecule has 1 fully saturated rings. The summed E-state index contributed by atoms with van der Waals surface area (Å²) in [7, 11) is 1.75. The predicted molar refractivity (Wildman–Crippen MR) is 129 cm³/mol. The van der Waals surface area contributed by atoms with Crippen LogP contribution in [-0.4, -0.2) is 41.4 Å². The van der Waals surface area contributed by atoms with Crippen LogP contribution in [0, 0.1) is 0 Å². The van der Waals surface area contributed by atoms with Gasteiger partial charge in [-0.2, -0.15) is 5.10 Å². The van der Waals surface area contributed by atoms with Gasteiger partial charge in [-0.1, -0.05) is 24.3 Å². The summed E-state index contributed by atoms with van der Waals surface area (Å²) in [4.78, 5) is 16.2. The van der Waals surface area contributed by atoms with E-state index in [1.807, 2.05) is 29.1 Å². The molecule has 0 atom stereocenters. The molecule has 0 spiro atoms. The summed E-state index contributed by atoms with van der Waals surface area (Å²) >= 11 is 0. The number of guanidine groups is 1. The minimum absolute atomic E-state index is 0. The average Bonchev–Trinajstić information content (AvgIpc) is 3.43. The van der Waals surface area contributed by atoms with Gasteiger partial charge in [-0.15, -0.1) is 24.0 Å². The third-order valence-electron chi connectivity index (χ3n) is 5.13. The lowest BCUT2D eigenvalue weighted by Crippen LogP contribution is -2.37. The van der Waals surface area contributed by atoms with Crippen LogP contribution in [-0.2, 0) is 22.6 Å². The fourth-order valence-corrected chi connectivity index (χ4v) is 3.54. The van der Waals surface area contributed by atoms with Crippen LogP contribution in [0.15, 0.2) is 47.7 Å². The van der Waals surface area contributed by atoms with Crippen molar-refractivity contribution in [2.24, 2.45) is 4.99 Å². The van der Waals surface area contributed by atoms with Crippen LogP contribution in [0.4, 0.5) is 0 Å². The van der Waals surface area contributed by atoms with Gasteiger partial charge >= 0.3 is 5.97 Å². The Morgan fingerprint density at radius 2 is 1.97 bits per heavy atom. The van der Waals surface area contributed by atoms with E-state index in [4.69, 9.17) is 4.74 Å². The third-order valence-corrected chi connectivity index (χ3v) is 5.13. The van der Waals surface area contributed by atoms with Crippen molar-refractivity contribution < 1.29 is 9.53 Å². The summed E-state index contributed by atoms with van der Waals surface area (Å²) in [5.41, 5.74) is 2.42. The molecule has 1 heterocycles. The maximum atomic E-state index is 11.9. The summed E-state index contributed by atoms with van der Waals surface area (Å²) in [5.74, 6) is 0.636. The normalized spacial score (nSPS) is 14.2. The Kier molecular flexibility index (Phi) is 10.7. The number of nitrogens with zero attached hydrogens (tertiary/aromatic N) is 3. The van der Waals surface area contributed by atoms with Crippen LogP contribution in [0.2, 0.25) is 0 Å². The zero-order valence-electron chi connectivity index (χ0n) is 17.5. The molecule has 0 aliphatic heterocycles. The van der Waals surface area contributed by atoms with Gasteiger partial charge in [0.15, 0.2) is 5.96 Å². The molecule has 2 N–H and O–H groups in total. The first kappa shape index (κ1) is 24.2. The Morgan fingerprint density at radius 3 is 2.67 bits per heavy atom. The first-order valence-electron chi connectivity index (χ1n) is 10.4. The van der Waals surface area contributed by atoms with Crippen LogP contribution in [0.25, 0.3) is 0 Å². The summed E-state index contributed by atoms with van der Waals surface area (Å²) in [6.45, 7) is 2.08. The van der Waals surface area contributed by atoms with Gasteiger partial charge in [-0.25, -0.2) is 0 Å². The first-order valence-corrected chi connectivity index (χ1v) is 10.4. The largest absolute Gasteiger partial charge is 0.462 e. The second kappa shape index (κ2) is 13.3. The van der Waals surface area contributed by atoms with Crippen LogP contribution >= 0.6 is 24.0 Å². The monoisotopic (exact) mass is 525 g/mol. The number of aliphatic imine (C=N–C) groups is 1. The summed E-state index contributed by atoms with van der Waals surface area (Å²) < 4.78 is 7.40. The summed E-state index contributed by atoms with van der Waals surface area (Å²) in [6, 6.07) is 10.2. The molecule has 1 saturated carbocycles. The molecule has 1 aliphatic carbocycles. The molecule has 3 rings (SSSR count). The molecule has 1 aromatic heterocycles. The van der Waals surface area contributed by atoms with E-state index in [2.05, 4.69) is 32.9 Å². The molecule has 8 heteroatoms. The first-order chi connectivity index (χ1) is 14.2. The topological polar surface area (TPSA) is 80.5 Å². The second-order valence-electron chi connectivity index (χ2n) is 7.32. The van der Waals surface area contributed by atoms with Crippen molar-refractivity contribution in [3.05, 3.63) is 53.9 Å². The van der Waals surface area contributed by atoms with Gasteiger partial charge in [-0.05, 0) is 49.3 Å². The Labute approximate surface area is 195 Å². The Morgan fingerprint density at radius 1 is 1.20 bits per heavy atom. The van der Waals surface area contributed by atoms with E-state index in [0.29, 0.717) is 19.5 Å². The van der Waals surface area contributed by atoms with E-state index in [9.17, 15) is 4.79 Å². The SMILES string of the molecule is CN=C(NCCCC(=O)OC1CCCC1)NCc1ccccc1Cn1cccn1.I. The quantitative estimate of drug-likeness (QED) is 0.172. The molecule has 1 aromatic carbocycles. The minimum atomic E-state index is -0.0887. The molecule has 0 bridgehead atoms. The number of hydrogen-bond acceptors (Lipinski definition) is 4. The number of aromatic nitrogens is 2. The van der Waals surface area contributed by atoms with Crippen molar-refractivity contribution in [1.29, 1.82) is 0 Å². The van der Waals surface area contributed by atoms with Gasteiger partial charge in [0.2, 0.25) is 0 Å². The fourth-order valence-electron chi connectivity index (χ4n) is 3.54. The zero-order valence-corrected chi connectivity index (χ0v) is 19.9. The van der Waals surface area contributed by atoms with Crippen LogP contribution < -0.4 is 10.6 Å². The van der Waals surface area contributed by atoms with E-state index in [0.717, 1.165) is 31.8 Å². The highest BCUT2D eigenvalue weighted by molar-refractivity contribution is 14.0. The van der Waals surface area contributed by atoms with Gasteiger partial charge in [-0.3, -0.25) is 14.5 Å². The van der Waals surface area contributed by atoms with Crippen molar-refractivity contribution in [3.63, 3.8) is 0 Å². The highest BCUT2D eigenvalue weighted by Gasteiger charge is 2.18. The number of carbonyl (C=O) groups is 1. The zero-order chi connectivity index (χ0) is 20.3. The highest BCUT2D eigenvalue weighted by Crippen LogP contribution is 2.21. The standard InChI is InChI=1S/C22H31N5O2.HI/c1-23-22(24-13-6-12-21(28)29-20-10-4-5-11-20)25-16-18-8-2-3-9-19(18)17-27-15-7-14-26-27;/h2-3,7-9,14-15,20H,4-6,10-13,16-17H2,1H3,(H2,23,24,25);1H. The van der Waals surface area contributed by atoms with Crippen LogP contribution in [0.1, 0.15) is 49.7 Å². The van der Waals surface area contributed by atoms with Crippen LogP contribution in [0.5, 0.6) is 0 Å². The van der Waals surface area contributed by atoms with Gasteiger partial charge in [0.1, 0.15) is 6.10 Å². The van der Waals surface area contributed by atoms with Gasteiger partial charge in [0, 0.05) is 39.0 Å². The number of esters is 1. The van der Waals surface area contributed by atoms with E-state index >= 15 is 0 Å². The molecular formula is C22H32IN5O2. The predicted octanol–water partition coefficient (Wildman–Crippen LogP) is 3.48. The maximum absolute atomic E-state index is 11.9. The fraction of sp³-hybridized carbons (Fsp3) is 0.500. The number of hydrogen-bond donors (Lipinski definition) is 2. The molecule has 0 radical (unpaired) electrons. The van der Waals surface area contributed by atoms with Gasteiger partial charge in [0.05, 0.1) is 6.54 Å². The van der Waals surface area contributed by atoms with Crippen molar-refractivity contribution in [2.75, 3.05) is 13.6 Å². The lowest BCUT2D eigenvalue weighted by Gasteiger charge is -2.15. The van der Waals surface area contributed by atoms with E-state index in [-0.39, 0.29) is 36.0 Å². The Balaban J connectivity index is 0.00000320. The molecule has 164 valence electrons. The van der Waals surface area contributed by atoms with Crippen LogP contribution in [0.3, 0.4) is 0 Å². The Hall–Kier alpha value is -2.10. The molecule has 0 amide bonds. The van der Waals surface area contributed by atoms with Crippen molar-refractivity contribution >= 4 is 35.9 Å². The number of rotatable bonds is 9. The van der Waals surface area contributed by atoms with Gasteiger partial charge < -0.3 is 15.4 Å². The maximum Gasteiger partial charge on any atom is 0.306 e. The number of nitrogens with one attached hydrogen (secondary N) is 2. The second-order valence-corrected chi connectivity index (χ2v) is 7.32. The molecule has 7 nitrogen and oxygen atoms in total. The molecular weight excluding hydrogens is 493 g/mol. The number of ether oxygens (including phenoxy) is 1. The highest BCUT2D eigenvalue weighted by atomic mass is 127. The molecule has 2 aromatic rings. The Bertz CT molecular complexity index is 789. The number of carbonyl (C=O) groups excluding carboxylic acids is 1. The van der Waals surface area contributed by atoms with Crippen molar-refractivity contribution in [2.45, 2.75) is 57.7 Å². The number of halogens is 1. The molecule has 30 heavy (non-hydrogen) atoms. The van der Waals surface area contributed by atoms with Crippen molar-refractivity contribution in [1.82, 2.24) is 20.4 Å². The molecule has 0 saturated heterocycles. The lowest BCUT2D eigenvalue weighted by atomic mass is 10.1. The average molecular weight is 525 g/mol. The van der Waals surface area contributed by atoms with Gasteiger partial charge in [0.25, 0.3) is 0 Å². The summed E-state index contributed by atoms with van der Waals surface area (Å²) in [6.07, 6.45) is 9.43. The third kappa shape index (κ3) is 7.97. The lowest BCUT2D eigenvalue weighted by molar-refractivity contribution is -0.148. The minimum Gasteiger partial charge on any atom is -0.462 e. The molecule has 1 aliphatic rings. The smallest absolute Gasteiger partial charge is 0.306 e. The number of benzene rings is 1. The van der Waals surface area contributed by atoms with E-state index < -0.39 is 0 Å². The summed E-state index contributed by atoms with van der Waals surface area (Å²) in [5, 5.41) is 10.9. The van der Waals surface area contributed by atoms with Crippen molar-refractivity contribution in [3.8, 4) is 0 Å². The molecule has 0 unspecified atom stereocenters. The van der Waals surface area contributed by atoms with E-state index in [1.54, 1.807) is 13.2 Å². The van der Waals surface area contributed by atoms with E-state index in [1.165, 1.54) is 24.0 Å².